The average molecular weight is 543 g/mol. The first kappa shape index (κ1) is 25.6. The molecule has 0 bridgehead atoms. The normalized spacial score (nSPS) is 17.2. The fraction of sp³-hybridized carbons (Fsp3) is 0.276. The Balaban J connectivity index is 1.44. The zero-order valence-corrected chi connectivity index (χ0v) is 21.6. The van der Waals surface area contributed by atoms with Crippen molar-refractivity contribution in [3.8, 4) is 6.07 Å². The molecule has 2 aliphatic heterocycles. The molecule has 1 fully saturated rings. The summed E-state index contributed by atoms with van der Waals surface area (Å²) in [5.74, 6) is -1.45. The number of rotatable bonds is 4. The molecule has 0 amide bonds. The van der Waals surface area contributed by atoms with Gasteiger partial charge in [-0.15, -0.1) is 0 Å². The Bertz CT molecular complexity index is 1670. The molecular weight excluding hydrogens is 518 g/mol. The number of aryl methyl sites for hydroxylation is 1. The molecule has 1 saturated heterocycles. The highest BCUT2D eigenvalue weighted by atomic mass is 19.1. The first-order chi connectivity index (χ1) is 19.4. The number of ether oxygens (including phenoxy) is 1. The minimum atomic E-state index is -0.737. The highest BCUT2D eigenvalue weighted by molar-refractivity contribution is 6.04. The van der Waals surface area contributed by atoms with Gasteiger partial charge in [-0.25, -0.2) is 23.5 Å². The van der Waals surface area contributed by atoms with Gasteiger partial charge in [0.05, 0.1) is 42.2 Å². The molecule has 4 heterocycles. The quantitative estimate of drug-likeness (QED) is 0.363. The number of carbonyl (C=O) groups is 1. The van der Waals surface area contributed by atoms with E-state index in [1.807, 2.05) is 4.90 Å². The SMILES string of the molecule is Cn1c(=O)c2c(c3nc(CC#N)cnc31)N1CCN(C(c3ccc(F)cc3)c3ccc(F)cc3)C[C@@H]1COC2=O. The maximum atomic E-state index is 13.8. The Kier molecular flexibility index (Phi) is 6.48. The molecule has 0 saturated carbocycles. The van der Waals surface area contributed by atoms with Crippen LogP contribution in [0, 0.1) is 23.0 Å². The summed E-state index contributed by atoms with van der Waals surface area (Å²) in [4.78, 5) is 39.6. The van der Waals surface area contributed by atoms with Gasteiger partial charge in [0.25, 0.3) is 5.56 Å². The van der Waals surface area contributed by atoms with Crippen LogP contribution in [0.3, 0.4) is 0 Å². The lowest BCUT2D eigenvalue weighted by Gasteiger charge is -2.45. The number of cyclic esters (lactones) is 1. The molecular formula is C29H24F2N6O3. The van der Waals surface area contributed by atoms with Crippen LogP contribution >= 0.6 is 0 Å². The number of benzene rings is 2. The number of halogens is 2. The second-order valence-electron chi connectivity index (χ2n) is 9.90. The number of hydrogen-bond donors (Lipinski definition) is 0. The molecule has 2 aromatic heterocycles. The lowest BCUT2D eigenvalue weighted by Crippen LogP contribution is -2.55. The third kappa shape index (κ3) is 4.36. The lowest BCUT2D eigenvalue weighted by atomic mass is 9.95. The average Bonchev–Trinajstić information content (AvgIpc) is 3.10. The predicted octanol–water partition coefficient (Wildman–Crippen LogP) is 3.12. The van der Waals surface area contributed by atoms with Crippen LogP contribution in [0.1, 0.15) is 33.2 Å². The summed E-state index contributed by atoms with van der Waals surface area (Å²) in [5.41, 5.74) is 2.47. The van der Waals surface area contributed by atoms with Gasteiger partial charge in [0.2, 0.25) is 0 Å². The third-order valence-electron chi connectivity index (χ3n) is 7.51. The van der Waals surface area contributed by atoms with Crippen LogP contribution in [0.5, 0.6) is 0 Å². The number of pyridine rings is 1. The molecule has 2 aromatic carbocycles. The number of nitriles is 1. The van der Waals surface area contributed by atoms with Gasteiger partial charge in [0.15, 0.2) is 11.2 Å². The molecule has 2 aliphatic rings. The van der Waals surface area contributed by atoms with Crippen molar-refractivity contribution < 1.29 is 18.3 Å². The standard InChI is InChI=1S/C29H24F2N6O3/c1-35-27-24(34-21(10-11-32)14-33-27)26-23(28(35)38)29(39)40-16-22-15-36(12-13-37(22)26)25(17-2-6-19(30)7-3-17)18-4-8-20(31)9-5-18/h2-9,14,22,25H,10,12-13,15-16H2,1H3/t22-/m1/s1. The van der Waals surface area contributed by atoms with Crippen LogP contribution in [0.15, 0.2) is 59.5 Å². The fourth-order valence-electron chi connectivity index (χ4n) is 5.64. The summed E-state index contributed by atoms with van der Waals surface area (Å²) in [7, 11) is 1.52. The van der Waals surface area contributed by atoms with E-state index in [2.05, 4.69) is 20.9 Å². The predicted molar refractivity (Wildman–Crippen MR) is 142 cm³/mol. The molecule has 202 valence electrons. The number of aromatic nitrogens is 3. The van der Waals surface area contributed by atoms with Crippen LogP contribution in [-0.2, 0) is 18.2 Å². The Labute approximate surface area is 227 Å². The first-order valence-corrected chi connectivity index (χ1v) is 12.8. The molecule has 0 spiro atoms. The van der Waals surface area contributed by atoms with Gasteiger partial charge in [-0.1, -0.05) is 24.3 Å². The van der Waals surface area contributed by atoms with E-state index < -0.39 is 11.5 Å². The van der Waals surface area contributed by atoms with E-state index in [-0.39, 0.29) is 42.3 Å². The Hall–Kier alpha value is -4.69. The van der Waals surface area contributed by atoms with Gasteiger partial charge >= 0.3 is 5.97 Å². The summed E-state index contributed by atoms with van der Waals surface area (Å²) in [6, 6.07) is 13.8. The van der Waals surface area contributed by atoms with Crippen molar-refractivity contribution in [2.75, 3.05) is 31.1 Å². The van der Waals surface area contributed by atoms with Gasteiger partial charge in [0.1, 0.15) is 23.8 Å². The van der Waals surface area contributed by atoms with Crippen molar-refractivity contribution in [3.05, 3.63) is 99.1 Å². The van der Waals surface area contributed by atoms with Crippen molar-refractivity contribution in [1.82, 2.24) is 19.4 Å². The van der Waals surface area contributed by atoms with Crippen LogP contribution in [-0.4, -0.2) is 57.7 Å². The van der Waals surface area contributed by atoms with Crippen molar-refractivity contribution in [2.24, 2.45) is 7.05 Å². The highest BCUT2D eigenvalue weighted by Crippen LogP contribution is 2.36. The van der Waals surface area contributed by atoms with Gasteiger partial charge in [-0.3, -0.25) is 14.3 Å². The number of piperazine rings is 1. The number of anilines is 1. The summed E-state index contributed by atoms with van der Waals surface area (Å²) in [6.45, 7) is 1.37. The molecule has 0 radical (unpaired) electrons. The van der Waals surface area contributed by atoms with E-state index in [1.54, 1.807) is 24.3 Å². The van der Waals surface area contributed by atoms with Crippen molar-refractivity contribution >= 4 is 22.8 Å². The minimum absolute atomic E-state index is 0.0270. The van der Waals surface area contributed by atoms with E-state index in [1.165, 1.54) is 42.1 Å². The number of esters is 1. The Morgan fingerprint density at radius 1 is 1.05 bits per heavy atom. The zero-order chi connectivity index (χ0) is 28.0. The first-order valence-electron chi connectivity index (χ1n) is 12.8. The summed E-state index contributed by atoms with van der Waals surface area (Å²) in [5, 5.41) is 9.20. The lowest BCUT2D eigenvalue weighted by molar-refractivity contribution is 0.0451. The molecule has 1 atom stereocenters. The molecule has 0 aliphatic carbocycles. The van der Waals surface area contributed by atoms with Gasteiger partial charge < -0.3 is 9.64 Å². The monoisotopic (exact) mass is 542 g/mol. The zero-order valence-electron chi connectivity index (χ0n) is 21.6. The molecule has 4 aromatic rings. The number of hydrogen-bond acceptors (Lipinski definition) is 8. The second kappa shape index (κ2) is 10.1. The summed E-state index contributed by atoms with van der Waals surface area (Å²) in [6.07, 6.45) is 1.48. The van der Waals surface area contributed by atoms with E-state index >= 15 is 0 Å². The fourth-order valence-corrected chi connectivity index (χ4v) is 5.64. The van der Waals surface area contributed by atoms with Crippen LogP contribution in [0.4, 0.5) is 14.5 Å². The second-order valence-corrected chi connectivity index (χ2v) is 9.90. The molecule has 6 rings (SSSR count). The van der Waals surface area contributed by atoms with E-state index in [0.717, 1.165) is 11.1 Å². The molecule has 9 nitrogen and oxygen atoms in total. The molecule has 0 unspecified atom stereocenters. The van der Waals surface area contributed by atoms with Crippen molar-refractivity contribution in [2.45, 2.75) is 18.5 Å². The van der Waals surface area contributed by atoms with E-state index in [0.29, 0.717) is 42.2 Å². The van der Waals surface area contributed by atoms with Crippen LogP contribution in [0.25, 0.3) is 11.2 Å². The molecule has 0 N–H and O–H groups in total. The Morgan fingerprint density at radius 3 is 2.33 bits per heavy atom. The molecule has 11 heteroatoms. The van der Waals surface area contributed by atoms with Crippen molar-refractivity contribution in [1.29, 1.82) is 5.26 Å². The minimum Gasteiger partial charge on any atom is -0.460 e. The van der Waals surface area contributed by atoms with Crippen LogP contribution < -0.4 is 10.5 Å². The number of fused-ring (bicyclic) bond motifs is 5. The largest absolute Gasteiger partial charge is 0.460 e. The van der Waals surface area contributed by atoms with E-state index in [4.69, 9.17) is 4.74 Å². The number of carbonyl (C=O) groups excluding carboxylic acids is 1. The topological polar surface area (TPSA) is 104 Å². The molecule has 40 heavy (non-hydrogen) atoms. The summed E-state index contributed by atoms with van der Waals surface area (Å²) < 4.78 is 34.4. The smallest absolute Gasteiger partial charge is 0.346 e. The van der Waals surface area contributed by atoms with Gasteiger partial charge in [-0.05, 0) is 35.4 Å². The maximum Gasteiger partial charge on any atom is 0.346 e. The van der Waals surface area contributed by atoms with Gasteiger partial charge in [0, 0.05) is 26.7 Å². The highest BCUT2D eigenvalue weighted by Gasteiger charge is 2.40. The maximum absolute atomic E-state index is 13.8. The third-order valence-corrected chi connectivity index (χ3v) is 7.51. The van der Waals surface area contributed by atoms with Crippen LogP contribution in [0.2, 0.25) is 0 Å². The van der Waals surface area contributed by atoms with Gasteiger partial charge in [-0.2, -0.15) is 5.26 Å². The number of nitrogens with zero attached hydrogens (tertiary/aromatic N) is 6. The summed E-state index contributed by atoms with van der Waals surface area (Å²) >= 11 is 0. The van der Waals surface area contributed by atoms with Crippen molar-refractivity contribution in [3.63, 3.8) is 0 Å². The Morgan fingerprint density at radius 2 is 1.70 bits per heavy atom. The van der Waals surface area contributed by atoms with E-state index in [9.17, 15) is 23.6 Å².